The number of carbonyl (C=O) groups excluding carboxylic acids is 2. The summed E-state index contributed by atoms with van der Waals surface area (Å²) in [5, 5.41) is 3.37. The molecule has 2 amide bonds. The van der Waals surface area contributed by atoms with E-state index in [0.717, 1.165) is 10.6 Å². The Labute approximate surface area is 213 Å². The van der Waals surface area contributed by atoms with Crippen molar-refractivity contribution < 1.29 is 22.7 Å². The lowest BCUT2D eigenvalue weighted by atomic mass is 10.1. The van der Waals surface area contributed by atoms with Gasteiger partial charge in [-0.05, 0) is 63.1 Å². The van der Waals surface area contributed by atoms with Crippen molar-refractivity contribution in [3.8, 4) is 5.75 Å². The first-order valence-corrected chi connectivity index (χ1v) is 13.5. The Morgan fingerprint density at radius 2 is 1.69 bits per heavy atom. The van der Waals surface area contributed by atoms with Gasteiger partial charge in [0.15, 0.2) is 0 Å². The second-order valence-electron chi connectivity index (χ2n) is 9.24. The van der Waals surface area contributed by atoms with Gasteiger partial charge < -0.3 is 15.0 Å². The van der Waals surface area contributed by atoms with Crippen LogP contribution in [0.15, 0.2) is 48.5 Å². The summed E-state index contributed by atoms with van der Waals surface area (Å²) in [6.07, 6.45) is 1.37. The Bertz CT molecular complexity index is 1130. The first-order valence-electron chi connectivity index (χ1n) is 11.2. The zero-order valence-electron chi connectivity index (χ0n) is 21.0. The van der Waals surface area contributed by atoms with Crippen LogP contribution in [0.1, 0.15) is 39.7 Å². The number of sulfonamides is 1. The molecule has 0 aliphatic carbocycles. The van der Waals surface area contributed by atoms with Crippen molar-refractivity contribution in [3.05, 3.63) is 59.1 Å². The second kappa shape index (κ2) is 11.8. The van der Waals surface area contributed by atoms with Gasteiger partial charge in [0.25, 0.3) is 0 Å². The average molecular weight is 524 g/mol. The average Bonchev–Trinajstić information content (AvgIpc) is 2.76. The molecule has 2 aromatic carbocycles. The van der Waals surface area contributed by atoms with Gasteiger partial charge in [0.2, 0.25) is 21.8 Å². The molecule has 0 unspecified atom stereocenters. The van der Waals surface area contributed by atoms with E-state index >= 15 is 0 Å². The van der Waals surface area contributed by atoms with E-state index in [4.69, 9.17) is 16.3 Å². The van der Waals surface area contributed by atoms with E-state index in [2.05, 4.69) is 5.32 Å². The molecule has 0 radical (unpaired) electrons. The van der Waals surface area contributed by atoms with Gasteiger partial charge in [-0.1, -0.05) is 36.7 Å². The molecule has 0 aliphatic rings. The number of hydrogen-bond donors (Lipinski definition) is 1. The van der Waals surface area contributed by atoms with Crippen molar-refractivity contribution in [3.63, 3.8) is 0 Å². The van der Waals surface area contributed by atoms with Crippen LogP contribution in [0, 0.1) is 0 Å². The Hall–Kier alpha value is -2.78. The van der Waals surface area contributed by atoms with E-state index in [1.807, 2.05) is 20.8 Å². The van der Waals surface area contributed by atoms with Crippen molar-refractivity contribution in [2.45, 2.75) is 52.2 Å². The number of halogens is 1. The van der Waals surface area contributed by atoms with Crippen molar-refractivity contribution in [2.75, 3.05) is 24.2 Å². The number of benzene rings is 2. The summed E-state index contributed by atoms with van der Waals surface area (Å²) < 4.78 is 31.4. The number of amides is 2. The fourth-order valence-corrected chi connectivity index (χ4v) is 4.59. The highest BCUT2D eigenvalue weighted by Gasteiger charge is 2.33. The lowest BCUT2D eigenvalue weighted by Gasteiger charge is -2.34. The normalized spacial score (nSPS) is 12.5. The fourth-order valence-electron chi connectivity index (χ4n) is 3.54. The molecule has 2 rings (SSSR count). The molecule has 0 fully saturated rings. The number of hydrogen-bond acceptors (Lipinski definition) is 5. The van der Waals surface area contributed by atoms with Crippen molar-refractivity contribution in [2.24, 2.45) is 0 Å². The molecule has 0 aliphatic heterocycles. The Kier molecular flexibility index (Phi) is 9.57. The molecule has 8 nitrogen and oxygen atoms in total. The van der Waals surface area contributed by atoms with Crippen molar-refractivity contribution >= 4 is 39.1 Å². The van der Waals surface area contributed by atoms with Gasteiger partial charge in [-0.3, -0.25) is 13.9 Å². The summed E-state index contributed by atoms with van der Waals surface area (Å²) in [4.78, 5) is 28.2. The van der Waals surface area contributed by atoms with Gasteiger partial charge in [-0.15, -0.1) is 0 Å². The Balaban J connectivity index is 2.46. The van der Waals surface area contributed by atoms with Crippen LogP contribution in [0.25, 0.3) is 0 Å². The summed E-state index contributed by atoms with van der Waals surface area (Å²) >= 11 is 6.35. The number of ether oxygens (including phenoxy) is 1. The van der Waals surface area contributed by atoms with E-state index in [1.54, 1.807) is 55.5 Å². The third-order valence-electron chi connectivity index (χ3n) is 5.22. The number of anilines is 1. The van der Waals surface area contributed by atoms with Crippen LogP contribution < -0.4 is 14.4 Å². The van der Waals surface area contributed by atoms with Gasteiger partial charge in [0, 0.05) is 17.1 Å². The monoisotopic (exact) mass is 523 g/mol. The minimum absolute atomic E-state index is 0.0504. The molecule has 0 saturated heterocycles. The zero-order valence-corrected chi connectivity index (χ0v) is 22.6. The van der Waals surface area contributed by atoms with E-state index in [1.165, 1.54) is 12.0 Å². The molecular formula is C25H34ClN3O5S. The third kappa shape index (κ3) is 8.14. The highest BCUT2D eigenvalue weighted by molar-refractivity contribution is 7.92. The molecule has 0 saturated carbocycles. The van der Waals surface area contributed by atoms with Gasteiger partial charge in [-0.25, -0.2) is 8.42 Å². The predicted molar refractivity (Wildman–Crippen MR) is 139 cm³/mol. The maximum Gasteiger partial charge on any atom is 0.244 e. The molecule has 0 aromatic heterocycles. The molecule has 192 valence electrons. The molecule has 0 spiro atoms. The fraction of sp³-hybridized carbons (Fsp3) is 0.440. The number of nitrogens with zero attached hydrogens (tertiary/aromatic N) is 2. The molecule has 35 heavy (non-hydrogen) atoms. The van der Waals surface area contributed by atoms with Crippen molar-refractivity contribution in [1.29, 1.82) is 0 Å². The second-order valence-corrected chi connectivity index (χ2v) is 11.6. The number of rotatable bonds is 10. The molecule has 0 heterocycles. The maximum absolute atomic E-state index is 13.7. The van der Waals surface area contributed by atoms with Crippen LogP contribution in [0.4, 0.5) is 5.69 Å². The lowest BCUT2D eigenvalue weighted by Crippen LogP contribution is -2.55. The van der Waals surface area contributed by atoms with Crippen LogP contribution in [-0.2, 0) is 26.2 Å². The minimum atomic E-state index is -3.81. The molecular weight excluding hydrogens is 490 g/mol. The van der Waals surface area contributed by atoms with Crippen LogP contribution in [-0.4, -0.2) is 56.6 Å². The van der Waals surface area contributed by atoms with Gasteiger partial charge in [0.1, 0.15) is 18.3 Å². The van der Waals surface area contributed by atoms with Gasteiger partial charge >= 0.3 is 0 Å². The summed E-state index contributed by atoms with van der Waals surface area (Å²) in [5.41, 5.74) is 0.456. The summed E-state index contributed by atoms with van der Waals surface area (Å²) in [5.74, 6) is -0.295. The highest BCUT2D eigenvalue weighted by Crippen LogP contribution is 2.24. The summed E-state index contributed by atoms with van der Waals surface area (Å²) in [7, 11) is -2.30. The number of methoxy groups -OCH3 is 1. The molecule has 2 aromatic rings. The molecule has 0 bridgehead atoms. The SMILES string of the molecule is CC[C@H](C(=O)NC(C)(C)C)N(Cc1ccccc1Cl)C(=O)CN(c1ccc(OC)cc1)S(C)(=O)=O. The smallest absolute Gasteiger partial charge is 0.244 e. The minimum Gasteiger partial charge on any atom is -0.497 e. The predicted octanol–water partition coefficient (Wildman–Crippen LogP) is 3.84. The van der Waals surface area contributed by atoms with Gasteiger partial charge in [0.05, 0.1) is 19.1 Å². The summed E-state index contributed by atoms with van der Waals surface area (Å²) in [6, 6.07) is 12.6. The van der Waals surface area contributed by atoms with Crippen LogP contribution in [0.5, 0.6) is 5.75 Å². The van der Waals surface area contributed by atoms with E-state index < -0.39 is 34.1 Å². The largest absolute Gasteiger partial charge is 0.497 e. The van der Waals surface area contributed by atoms with Gasteiger partial charge in [-0.2, -0.15) is 0 Å². The van der Waals surface area contributed by atoms with Crippen LogP contribution in [0.2, 0.25) is 5.02 Å². The standard InChI is InChI=1S/C25H34ClN3O5S/c1-7-22(24(31)27-25(2,3)4)28(16-18-10-8-9-11-21(18)26)23(30)17-29(35(6,32)33)19-12-14-20(34-5)15-13-19/h8-15,22H,7,16-17H2,1-6H3,(H,27,31)/t22-/m1/s1. The van der Waals surface area contributed by atoms with E-state index in [-0.39, 0.29) is 12.5 Å². The lowest BCUT2D eigenvalue weighted by molar-refractivity contribution is -0.141. The zero-order chi connectivity index (χ0) is 26.4. The quantitative estimate of drug-likeness (QED) is 0.510. The van der Waals surface area contributed by atoms with Crippen LogP contribution in [0.3, 0.4) is 0 Å². The third-order valence-corrected chi connectivity index (χ3v) is 6.73. The number of carbonyl (C=O) groups is 2. The summed E-state index contributed by atoms with van der Waals surface area (Å²) in [6.45, 7) is 6.94. The van der Waals surface area contributed by atoms with E-state index in [9.17, 15) is 18.0 Å². The number of nitrogens with one attached hydrogen (secondary N) is 1. The van der Waals surface area contributed by atoms with E-state index in [0.29, 0.717) is 28.4 Å². The maximum atomic E-state index is 13.7. The van der Waals surface area contributed by atoms with Crippen molar-refractivity contribution in [1.82, 2.24) is 10.2 Å². The highest BCUT2D eigenvalue weighted by atomic mass is 35.5. The Morgan fingerprint density at radius 3 is 2.17 bits per heavy atom. The van der Waals surface area contributed by atoms with Crippen LogP contribution >= 0.6 is 11.6 Å². The first-order chi connectivity index (χ1) is 16.3. The first kappa shape index (κ1) is 28.5. The molecule has 10 heteroatoms. The Morgan fingerprint density at radius 1 is 1.09 bits per heavy atom. The molecule has 1 N–H and O–H groups in total. The molecule has 1 atom stereocenters. The topological polar surface area (TPSA) is 96.0 Å².